The zero-order valence-corrected chi connectivity index (χ0v) is 22.2. The van der Waals surface area contributed by atoms with E-state index < -0.39 is 17.4 Å². The number of urea groups is 1. The summed E-state index contributed by atoms with van der Waals surface area (Å²) in [7, 11) is 0. The standard InChI is InChI=1S/C29H33FN4O4/c1-19(2)37-26-10-5-7-22(14-26)17-32-12-11-29(16-20(32)3)27(35)33(18-24-13-21(4)38-31-24)28(36)34(29)25-9-6-8-23(30)15-25/h5-10,13-15,19-20H,11-12,16-18H2,1-4H3. The lowest BCUT2D eigenvalue weighted by Gasteiger charge is -2.45. The van der Waals surface area contributed by atoms with Crippen molar-refractivity contribution in [2.24, 2.45) is 0 Å². The molecule has 200 valence electrons. The molecule has 0 bridgehead atoms. The summed E-state index contributed by atoms with van der Waals surface area (Å²) in [5.41, 5.74) is 0.878. The molecule has 2 aromatic carbocycles. The highest BCUT2D eigenvalue weighted by Crippen LogP contribution is 2.43. The van der Waals surface area contributed by atoms with Gasteiger partial charge in [-0.1, -0.05) is 23.4 Å². The summed E-state index contributed by atoms with van der Waals surface area (Å²) in [6.45, 7) is 9.11. The number of rotatable bonds is 7. The van der Waals surface area contributed by atoms with E-state index in [1.807, 2.05) is 32.0 Å². The number of anilines is 1. The first kappa shape index (κ1) is 25.9. The van der Waals surface area contributed by atoms with Crippen LogP contribution in [0.1, 0.15) is 50.6 Å². The fraction of sp³-hybridized carbons (Fsp3) is 0.414. The van der Waals surface area contributed by atoms with Crippen LogP contribution >= 0.6 is 0 Å². The Balaban J connectivity index is 1.42. The Morgan fingerprint density at radius 3 is 2.61 bits per heavy atom. The van der Waals surface area contributed by atoms with Gasteiger partial charge in [-0.15, -0.1) is 0 Å². The van der Waals surface area contributed by atoms with Gasteiger partial charge in [-0.2, -0.15) is 0 Å². The molecule has 1 aromatic heterocycles. The minimum absolute atomic E-state index is 0.00328. The first-order valence-corrected chi connectivity index (χ1v) is 13.0. The van der Waals surface area contributed by atoms with E-state index in [1.165, 1.54) is 21.9 Å². The Morgan fingerprint density at radius 1 is 1.13 bits per heavy atom. The van der Waals surface area contributed by atoms with Crippen LogP contribution in [0.25, 0.3) is 0 Å². The second-order valence-electron chi connectivity index (χ2n) is 10.5. The van der Waals surface area contributed by atoms with Crippen molar-refractivity contribution in [2.45, 2.75) is 71.3 Å². The summed E-state index contributed by atoms with van der Waals surface area (Å²) in [5.74, 6) is 0.676. The van der Waals surface area contributed by atoms with E-state index in [0.29, 0.717) is 43.1 Å². The third-order valence-corrected chi connectivity index (χ3v) is 7.28. The molecule has 0 saturated carbocycles. The van der Waals surface area contributed by atoms with E-state index in [2.05, 4.69) is 23.0 Å². The quantitative estimate of drug-likeness (QED) is 0.394. The molecule has 8 nitrogen and oxygen atoms in total. The summed E-state index contributed by atoms with van der Waals surface area (Å²) < 4.78 is 25.3. The second kappa shape index (κ2) is 10.2. The van der Waals surface area contributed by atoms with Gasteiger partial charge in [0.15, 0.2) is 0 Å². The van der Waals surface area contributed by atoms with Crippen molar-refractivity contribution in [3.63, 3.8) is 0 Å². The Kier molecular flexibility index (Phi) is 6.96. The zero-order chi connectivity index (χ0) is 27.0. The topological polar surface area (TPSA) is 79.1 Å². The first-order valence-electron chi connectivity index (χ1n) is 13.0. The number of piperidine rings is 1. The highest BCUT2D eigenvalue weighted by Gasteiger charge is 2.59. The van der Waals surface area contributed by atoms with Crippen molar-refractivity contribution < 1.29 is 23.2 Å². The molecule has 2 fully saturated rings. The number of aromatic nitrogens is 1. The average molecular weight is 521 g/mol. The molecule has 2 saturated heterocycles. The van der Waals surface area contributed by atoms with E-state index in [4.69, 9.17) is 9.26 Å². The zero-order valence-electron chi connectivity index (χ0n) is 22.2. The number of hydrogen-bond donors (Lipinski definition) is 0. The highest BCUT2D eigenvalue weighted by atomic mass is 19.1. The van der Waals surface area contributed by atoms with Gasteiger partial charge in [-0.05, 0) is 76.4 Å². The summed E-state index contributed by atoms with van der Waals surface area (Å²) in [6.07, 6.45) is 0.933. The number of halogens is 1. The van der Waals surface area contributed by atoms with Crippen molar-refractivity contribution in [3.05, 3.63) is 77.4 Å². The van der Waals surface area contributed by atoms with Crippen LogP contribution < -0.4 is 9.64 Å². The maximum atomic E-state index is 14.3. The van der Waals surface area contributed by atoms with E-state index in [0.717, 1.165) is 11.3 Å². The summed E-state index contributed by atoms with van der Waals surface area (Å²) in [5, 5.41) is 3.97. The van der Waals surface area contributed by atoms with Crippen LogP contribution in [0.15, 0.2) is 59.1 Å². The largest absolute Gasteiger partial charge is 0.491 e. The molecule has 3 heterocycles. The Hall–Kier alpha value is -3.72. The van der Waals surface area contributed by atoms with E-state index in [1.54, 1.807) is 25.1 Å². The van der Waals surface area contributed by atoms with Gasteiger partial charge < -0.3 is 9.26 Å². The molecule has 3 aromatic rings. The molecule has 5 rings (SSSR count). The molecular weight excluding hydrogens is 487 g/mol. The predicted octanol–water partition coefficient (Wildman–Crippen LogP) is 5.30. The molecule has 0 radical (unpaired) electrons. The molecule has 0 N–H and O–H groups in total. The predicted molar refractivity (Wildman–Crippen MR) is 140 cm³/mol. The maximum Gasteiger partial charge on any atom is 0.332 e. The lowest BCUT2D eigenvalue weighted by Crippen LogP contribution is -2.59. The Morgan fingerprint density at radius 2 is 1.92 bits per heavy atom. The summed E-state index contributed by atoms with van der Waals surface area (Å²) in [6, 6.07) is 15.1. The Labute approximate surface area is 221 Å². The number of ether oxygens (including phenoxy) is 1. The molecule has 0 aliphatic carbocycles. The lowest BCUT2D eigenvalue weighted by molar-refractivity contribution is -0.133. The number of carbonyl (C=O) groups excluding carboxylic acids is 2. The number of hydrogen-bond acceptors (Lipinski definition) is 6. The molecule has 1 spiro atoms. The molecule has 38 heavy (non-hydrogen) atoms. The van der Waals surface area contributed by atoms with Gasteiger partial charge in [0.1, 0.15) is 28.6 Å². The molecule has 3 amide bonds. The SMILES string of the molecule is Cc1cc(CN2C(=O)N(c3cccc(F)c3)C3(CCN(Cc4cccc(OC(C)C)c4)C(C)C3)C2=O)no1. The number of aryl methyl sites for hydroxylation is 1. The minimum Gasteiger partial charge on any atom is -0.491 e. The summed E-state index contributed by atoms with van der Waals surface area (Å²) >= 11 is 0. The van der Waals surface area contributed by atoms with Gasteiger partial charge >= 0.3 is 6.03 Å². The number of imide groups is 1. The second-order valence-corrected chi connectivity index (χ2v) is 10.5. The van der Waals surface area contributed by atoms with Gasteiger partial charge in [-0.3, -0.25) is 19.5 Å². The van der Waals surface area contributed by atoms with Gasteiger partial charge in [0.25, 0.3) is 5.91 Å². The Bertz CT molecular complexity index is 1340. The van der Waals surface area contributed by atoms with Crippen molar-refractivity contribution in [1.29, 1.82) is 0 Å². The van der Waals surface area contributed by atoms with Gasteiger partial charge in [0.2, 0.25) is 0 Å². The number of carbonyl (C=O) groups is 2. The molecule has 2 aliphatic rings. The van der Waals surface area contributed by atoms with Gasteiger partial charge in [-0.25, -0.2) is 9.18 Å². The molecule has 2 aliphatic heterocycles. The van der Waals surface area contributed by atoms with Crippen molar-refractivity contribution >= 4 is 17.6 Å². The molecule has 9 heteroatoms. The van der Waals surface area contributed by atoms with E-state index in [-0.39, 0.29) is 24.6 Å². The van der Waals surface area contributed by atoms with Crippen LogP contribution in [0.5, 0.6) is 5.75 Å². The van der Waals surface area contributed by atoms with E-state index in [9.17, 15) is 14.0 Å². The van der Waals surface area contributed by atoms with E-state index >= 15 is 0 Å². The number of nitrogens with zero attached hydrogens (tertiary/aromatic N) is 4. The number of amides is 3. The smallest absolute Gasteiger partial charge is 0.332 e. The molecular formula is C29H33FN4O4. The van der Waals surface area contributed by atoms with Crippen molar-refractivity contribution in [2.75, 3.05) is 11.4 Å². The first-order chi connectivity index (χ1) is 18.2. The maximum absolute atomic E-state index is 14.3. The highest BCUT2D eigenvalue weighted by molar-refractivity contribution is 6.16. The van der Waals surface area contributed by atoms with Crippen molar-refractivity contribution in [1.82, 2.24) is 15.0 Å². The minimum atomic E-state index is -1.11. The monoisotopic (exact) mass is 520 g/mol. The van der Waals surface area contributed by atoms with Crippen molar-refractivity contribution in [3.8, 4) is 5.75 Å². The third kappa shape index (κ3) is 4.90. The lowest BCUT2D eigenvalue weighted by atomic mass is 9.81. The number of benzene rings is 2. The molecule has 2 atom stereocenters. The van der Waals surface area contributed by atoms with Crippen LogP contribution in [0.2, 0.25) is 0 Å². The molecule has 2 unspecified atom stereocenters. The van der Waals surface area contributed by atoms with Crippen LogP contribution in [0.3, 0.4) is 0 Å². The average Bonchev–Trinajstić information content (AvgIpc) is 3.35. The van der Waals surface area contributed by atoms with Gasteiger partial charge in [0.05, 0.1) is 12.6 Å². The van der Waals surface area contributed by atoms with Crippen LogP contribution in [-0.2, 0) is 17.9 Å². The van der Waals surface area contributed by atoms with Crippen LogP contribution in [0, 0.1) is 12.7 Å². The van der Waals surface area contributed by atoms with Crippen LogP contribution in [0.4, 0.5) is 14.9 Å². The normalized spacial score (nSPS) is 22.2. The van der Waals surface area contributed by atoms with Crippen LogP contribution in [-0.4, -0.2) is 51.1 Å². The van der Waals surface area contributed by atoms with Gasteiger partial charge in [0, 0.05) is 30.9 Å². The third-order valence-electron chi connectivity index (χ3n) is 7.28. The fourth-order valence-electron chi connectivity index (χ4n) is 5.63. The fourth-order valence-corrected chi connectivity index (χ4v) is 5.63. The number of likely N-dealkylation sites (tertiary alicyclic amines) is 1. The summed E-state index contributed by atoms with van der Waals surface area (Å²) in [4.78, 5) is 32.8.